The second kappa shape index (κ2) is 8.18. The Morgan fingerprint density at radius 2 is 1.90 bits per heavy atom. The first-order valence-corrected chi connectivity index (χ1v) is 8.13. The van der Waals surface area contributed by atoms with Crippen molar-refractivity contribution in [3.8, 4) is 0 Å². The van der Waals surface area contributed by atoms with Crippen molar-refractivity contribution >= 4 is 5.97 Å². The Hall–Kier alpha value is -1.35. The molecule has 0 bridgehead atoms. The fourth-order valence-electron chi connectivity index (χ4n) is 3.18. The van der Waals surface area contributed by atoms with Crippen LogP contribution in [-0.2, 0) is 16.0 Å². The smallest absolute Gasteiger partial charge is 0.307 e. The van der Waals surface area contributed by atoms with Crippen LogP contribution in [0.25, 0.3) is 0 Å². The minimum Gasteiger partial charge on any atom is -0.466 e. The second-order valence-corrected chi connectivity index (χ2v) is 6.08. The highest BCUT2D eigenvalue weighted by atomic mass is 16.5. The van der Waals surface area contributed by atoms with Crippen LogP contribution in [0, 0.1) is 0 Å². The van der Waals surface area contributed by atoms with Crippen LogP contribution in [0.4, 0.5) is 0 Å². The average molecular weight is 289 g/mol. The van der Waals surface area contributed by atoms with Crippen molar-refractivity contribution in [2.45, 2.75) is 56.9 Å². The Kier molecular flexibility index (Phi) is 6.24. The normalized spacial score (nSPS) is 17.4. The van der Waals surface area contributed by atoms with Crippen LogP contribution in [0.3, 0.4) is 0 Å². The lowest BCUT2D eigenvalue weighted by Crippen LogP contribution is -2.46. The summed E-state index contributed by atoms with van der Waals surface area (Å²) in [5.41, 5.74) is 1.28. The van der Waals surface area contributed by atoms with Crippen molar-refractivity contribution in [3.63, 3.8) is 0 Å². The predicted molar refractivity (Wildman–Crippen MR) is 85.2 cm³/mol. The molecule has 0 heterocycles. The Morgan fingerprint density at radius 3 is 2.57 bits per heavy atom. The molecule has 21 heavy (non-hydrogen) atoms. The molecule has 3 heteroatoms. The van der Waals surface area contributed by atoms with Crippen LogP contribution in [-0.4, -0.2) is 25.2 Å². The molecule has 0 aromatic heterocycles. The van der Waals surface area contributed by atoms with Crippen molar-refractivity contribution in [1.82, 2.24) is 5.32 Å². The van der Waals surface area contributed by atoms with Gasteiger partial charge in [-0.15, -0.1) is 0 Å². The van der Waals surface area contributed by atoms with Gasteiger partial charge in [-0.25, -0.2) is 0 Å². The molecule has 0 atom stereocenters. The summed E-state index contributed by atoms with van der Waals surface area (Å²) in [6.07, 6.45) is 8.24. The van der Waals surface area contributed by atoms with E-state index in [1.165, 1.54) is 24.8 Å². The maximum atomic E-state index is 12.0. The molecular formula is C18H27NO2. The number of benzene rings is 1. The van der Waals surface area contributed by atoms with E-state index in [1.54, 1.807) is 0 Å². The molecule has 2 rings (SSSR count). The number of nitrogens with one attached hydrogen (secondary N) is 1. The van der Waals surface area contributed by atoms with Gasteiger partial charge < -0.3 is 10.1 Å². The Labute approximate surface area is 128 Å². The van der Waals surface area contributed by atoms with Gasteiger partial charge in [0, 0.05) is 5.54 Å². The third-order valence-corrected chi connectivity index (χ3v) is 4.54. The van der Waals surface area contributed by atoms with Gasteiger partial charge in [-0.05, 0) is 38.3 Å². The fraction of sp³-hybridized carbons (Fsp3) is 0.611. The molecule has 0 amide bonds. The summed E-state index contributed by atoms with van der Waals surface area (Å²) in [5.74, 6) is -0.0562. The lowest BCUT2D eigenvalue weighted by molar-refractivity contribution is -0.145. The third-order valence-electron chi connectivity index (χ3n) is 4.54. The van der Waals surface area contributed by atoms with Crippen LogP contribution in [0.1, 0.15) is 50.5 Å². The van der Waals surface area contributed by atoms with Gasteiger partial charge in [0.05, 0.1) is 13.0 Å². The van der Waals surface area contributed by atoms with Crippen molar-refractivity contribution in [2.24, 2.45) is 0 Å². The number of carbonyl (C=O) groups is 1. The van der Waals surface area contributed by atoms with Gasteiger partial charge in [0.25, 0.3) is 0 Å². The van der Waals surface area contributed by atoms with E-state index in [0.29, 0.717) is 13.0 Å². The van der Waals surface area contributed by atoms with Gasteiger partial charge in [0.1, 0.15) is 0 Å². The van der Waals surface area contributed by atoms with Crippen LogP contribution in [0.2, 0.25) is 0 Å². The number of carbonyl (C=O) groups excluding carboxylic acids is 1. The molecule has 0 saturated heterocycles. The first kappa shape index (κ1) is 16.0. The molecular weight excluding hydrogens is 262 g/mol. The Morgan fingerprint density at radius 1 is 1.19 bits per heavy atom. The second-order valence-electron chi connectivity index (χ2n) is 6.08. The van der Waals surface area contributed by atoms with Crippen LogP contribution in [0.15, 0.2) is 30.3 Å². The molecule has 1 N–H and O–H groups in total. The van der Waals surface area contributed by atoms with E-state index in [1.807, 2.05) is 25.2 Å². The van der Waals surface area contributed by atoms with Crippen LogP contribution < -0.4 is 5.32 Å². The summed E-state index contributed by atoms with van der Waals surface area (Å²) < 4.78 is 5.41. The third kappa shape index (κ3) is 5.16. The largest absolute Gasteiger partial charge is 0.466 e. The minimum atomic E-state index is -0.0562. The minimum absolute atomic E-state index is 0.0191. The van der Waals surface area contributed by atoms with E-state index in [9.17, 15) is 4.79 Å². The highest BCUT2D eigenvalue weighted by Crippen LogP contribution is 2.30. The number of hydrogen-bond acceptors (Lipinski definition) is 3. The predicted octanol–water partition coefficient (Wildman–Crippen LogP) is 3.47. The molecule has 1 aromatic rings. The Balaban J connectivity index is 1.67. The monoisotopic (exact) mass is 289 g/mol. The van der Waals surface area contributed by atoms with E-state index < -0.39 is 0 Å². The molecule has 3 nitrogen and oxygen atoms in total. The first-order chi connectivity index (χ1) is 10.2. The number of aryl methyl sites for hydroxylation is 1. The lowest BCUT2D eigenvalue weighted by Gasteiger charge is -2.36. The molecule has 1 aromatic carbocycles. The molecule has 0 radical (unpaired) electrons. The van der Waals surface area contributed by atoms with Crippen molar-refractivity contribution < 1.29 is 9.53 Å². The van der Waals surface area contributed by atoms with E-state index >= 15 is 0 Å². The molecule has 0 aliphatic heterocycles. The highest BCUT2D eigenvalue weighted by Gasteiger charge is 2.33. The summed E-state index contributed by atoms with van der Waals surface area (Å²) in [6, 6.07) is 10.3. The van der Waals surface area contributed by atoms with Crippen molar-refractivity contribution in [2.75, 3.05) is 13.7 Å². The topological polar surface area (TPSA) is 38.3 Å². The fourth-order valence-corrected chi connectivity index (χ4v) is 3.18. The molecule has 116 valence electrons. The first-order valence-electron chi connectivity index (χ1n) is 8.13. The van der Waals surface area contributed by atoms with Crippen molar-refractivity contribution in [1.29, 1.82) is 0 Å². The average Bonchev–Trinajstić information content (AvgIpc) is 2.53. The van der Waals surface area contributed by atoms with Crippen LogP contribution >= 0.6 is 0 Å². The lowest BCUT2D eigenvalue weighted by atomic mass is 9.79. The van der Waals surface area contributed by atoms with Gasteiger partial charge in [0.2, 0.25) is 0 Å². The zero-order valence-corrected chi connectivity index (χ0v) is 13.1. The van der Waals surface area contributed by atoms with E-state index in [4.69, 9.17) is 4.74 Å². The molecule has 0 unspecified atom stereocenters. The summed E-state index contributed by atoms with van der Waals surface area (Å²) in [6.45, 7) is 0.521. The number of hydrogen-bond donors (Lipinski definition) is 1. The van der Waals surface area contributed by atoms with Crippen molar-refractivity contribution in [3.05, 3.63) is 35.9 Å². The van der Waals surface area contributed by atoms with E-state index in [2.05, 4.69) is 17.4 Å². The standard InChI is InChI=1S/C18H27NO2/c1-19-18(12-6-3-7-13-18)15-17(20)21-14-8-11-16-9-4-2-5-10-16/h2,4-5,9-10,19H,3,6-8,11-15H2,1H3. The Bertz CT molecular complexity index is 424. The van der Waals surface area contributed by atoms with Gasteiger partial charge in [0.15, 0.2) is 0 Å². The van der Waals surface area contributed by atoms with E-state index in [0.717, 1.165) is 25.7 Å². The number of esters is 1. The van der Waals surface area contributed by atoms with E-state index in [-0.39, 0.29) is 11.5 Å². The molecule has 0 spiro atoms. The zero-order valence-electron chi connectivity index (χ0n) is 13.1. The molecule has 1 aliphatic carbocycles. The van der Waals surface area contributed by atoms with Gasteiger partial charge in [-0.2, -0.15) is 0 Å². The molecule has 1 saturated carbocycles. The highest BCUT2D eigenvalue weighted by molar-refractivity contribution is 5.71. The van der Waals surface area contributed by atoms with Gasteiger partial charge in [-0.3, -0.25) is 4.79 Å². The molecule has 1 fully saturated rings. The van der Waals surface area contributed by atoms with Gasteiger partial charge >= 0.3 is 5.97 Å². The maximum absolute atomic E-state index is 12.0. The molecule has 1 aliphatic rings. The summed E-state index contributed by atoms with van der Waals surface area (Å²) in [7, 11) is 1.97. The number of rotatable bonds is 7. The maximum Gasteiger partial charge on any atom is 0.307 e. The summed E-state index contributed by atoms with van der Waals surface area (Å²) >= 11 is 0. The van der Waals surface area contributed by atoms with Crippen LogP contribution in [0.5, 0.6) is 0 Å². The summed E-state index contributed by atoms with van der Waals surface area (Å²) in [5, 5.41) is 3.36. The SMILES string of the molecule is CNC1(CC(=O)OCCCc2ccccc2)CCCCC1. The van der Waals surface area contributed by atoms with Gasteiger partial charge in [-0.1, -0.05) is 49.6 Å². The zero-order chi connectivity index (χ0) is 15.0. The quantitative estimate of drug-likeness (QED) is 0.617. The number of ether oxygens (including phenoxy) is 1. The summed E-state index contributed by atoms with van der Waals surface area (Å²) in [4.78, 5) is 12.0.